The van der Waals surface area contributed by atoms with Crippen molar-refractivity contribution in [2.45, 2.75) is 46.2 Å². The van der Waals surface area contributed by atoms with Gasteiger partial charge in [-0.05, 0) is 44.0 Å². The van der Waals surface area contributed by atoms with E-state index < -0.39 is 0 Å². The molecule has 3 heterocycles. The van der Waals surface area contributed by atoms with Crippen LogP contribution in [0.2, 0.25) is 0 Å². The van der Waals surface area contributed by atoms with E-state index >= 15 is 0 Å². The number of nitrogens with zero attached hydrogens (tertiary/aromatic N) is 4. The van der Waals surface area contributed by atoms with Gasteiger partial charge >= 0.3 is 0 Å². The summed E-state index contributed by atoms with van der Waals surface area (Å²) in [6, 6.07) is 9.71. The average molecular weight is 396 g/mol. The first-order valence-electron chi connectivity index (χ1n) is 10.5. The van der Waals surface area contributed by atoms with Gasteiger partial charge in [-0.2, -0.15) is 5.10 Å². The van der Waals surface area contributed by atoms with Crippen molar-refractivity contribution in [3.05, 3.63) is 46.4 Å². The molecule has 0 bridgehead atoms. The van der Waals surface area contributed by atoms with Crippen molar-refractivity contribution < 1.29 is 4.79 Å². The van der Waals surface area contributed by atoms with Gasteiger partial charge in [-0.15, -0.1) is 0 Å². The highest BCUT2D eigenvalue weighted by molar-refractivity contribution is 5.94. The van der Waals surface area contributed by atoms with Gasteiger partial charge in [-0.25, -0.2) is 4.52 Å². The first-order chi connectivity index (χ1) is 14.0. The molecule has 1 aliphatic heterocycles. The fourth-order valence-corrected chi connectivity index (χ4v) is 4.34. The van der Waals surface area contributed by atoms with Crippen molar-refractivity contribution in [1.82, 2.24) is 24.4 Å². The van der Waals surface area contributed by atoms with Crippen LogP contribution in [0.1, 0.15) is 44.1 Å². The van der Waals surface area contributed by atoms with E-state index in [1.54, 1.807) is 15.1 Å². The number of rotatable bonds is 6. The van der Waals surface area contributed by atoms with Crippen LogP contribution in [0.15, 0.2) is 35.1 Å². The molecule has 7 heteroatoms. The van der Waals surface area contributed by atoms with Crippen LogP contribution in [0.25, 0.3) is 16.6 Å². The number of carbonyl (C=O) groups excluding carboxylic acids is 1. The highest BCUT2D eigenvalue weighted by Crippen LogP contribution is 2.17. The number of benzene rings is 1. The van der Waals surface area contributed by atoms with E-state index in [-0.39, 0.29) is 17.2 Å². The Morgan fingerprint density at radius 2 is 2.00 bits per heavy atom. The van der Waals surface area contributed by atoms with E-state index in [4.69, 9.17) is 0 Å². The van der Waals surface area contributed by atoms with Gasteiger partial charge in [0.25, 0.3) is 11.5 Å². The van der Waals surface area contributed by atoms with Gasteiger partial charge in [0.05, 0.1) is 11.0 Å². The lowest BCUT2D eigenvalue weighted by Gasteiger charge is -2.22. The third-order valence-corrected chi connectivity index (χ3v) is 5.76. The Balaban J connectivity index is 1.68. The summed E-state index contributed by atoms with van der Waals surface area (Å²) in [4.78, 5) is 28.3. The number of carbonyl (C=O) groups is 1. The molecule has 0 aliphatic carbocycles. The van der Waals surface area contributed by atoms with Crippen LogP contribution in [-0.4, -0.2) is 50.7 Å². The second-order valence-electron chi connectivity index (χ2n) is 8.26. The van der Waals surface area contributed by atoms with Gasteiger partial charge in [0, 0.05) is 25.2 Å². The Morgan fingerprint density at radius 1 is 1.24 bits per heavy atom. The standard InChI is InChI=1S/C22H29N5O2/c1-4-25-11-7-8-16(25)13-23-21(28)17-12-20-22(29)26(14-15(2)3)18-9-5-6-10-19(18)27(20)24-17/h5-6,9-10,12,15-16H,4,7-8,11,13-14H2,1-3H3,(H,23,28)/t16-/m0/s1. The summed E-state index contributed by atoms with van der Waals surface area (Å²) in [7, 11) is 0. The maximum atomic E-state index is 13.1. The van der Waals surface area contributed by atoms with E-state index in [0.717, 1.165) is 30.5 Å². The van der Waals surface area contributed by atoms with Crippen molar-refractivity contribution >= 4 is 22.5 Å². The second kappa shape index (κ2) is 7.99. The lowest BCUT2D eigenvalue weighted by Crippen LogP contribution is -2.40. The van der Waals surface area contributed by atoms with Crippen LogP contribution in [0.4, 0.5) is 0 Å². The topological polar surface area (TPSA) is 71.6 Å². The van der Waals surface area contributed by atoms with Crippen molar-refractivity contribution in [1.29, 1.82) is 0 Å². The Labute approximate surface area is 170 Å². The van der Waals surface area contributed by atoms with Gasteiger partial charge in [-0.1, -0.05) is 32.9 Å². The molecule has 4 rings (SSSR count). The fraction of sp³-hybridized carbons (Fsp3) is 0.500. The first-order valence-corrected chi connectivity index (χ1v) is 10.5. The van der Waals surface area contributed by atoms with Crippen LogP contribution in [0, 0.1) is 5.92 Å². The van der Waals surface area contributed by atoms with Crippen molar-refractivity contribution in [3.8, 4) is 0 Å². The Kier molecular flexibility index (Phi) is 5.41. The number of likely N-dealkylation sites (tertiary alicyclic amines) is 1. The van der Waals surface area contributed by atoms with Gasteiger partial charge in [-0.3, -0.25) is 14.5 Å². The van der Waals surface area contributed by atoms with Crippen LogP contribution >= 0.6 is 0 Å². The molecule has 1 atom stereocenters. The number of nitrogens with one attached hydrogen (secondary N) is 1. The number of para-hydroxylation sites is 2. The lowest BCUT2D eigenvalue weighted by molar-refractivity contribution is 0.0936. The molecule has 1 aliphatic rings. The molecule has 0 saturated carbocycles. The van der Waals surface area contributed by atoms with E-state index in [1.807, 2.05) is 24.3 Å². The average Bonchev–Trinajstić information content (AvgIpc) is 3.36. The molecule has 1 N–H and O–H groups in total. The van der Waals surface area contributed by atoms with Gasteiger partial charge in [0.2, 0.25) is 0 Å². The Bertz CT molecular complexity index is 1100. The minimum atomic E-state index is -0.226. The minimum Gasteiger partial charge on any atom is -0.349 e. The van der Waals surface area contributed by atoms with E-state index in [0.29, 0.717) is 30.6 Å². The lowest BCUT2D eigenvalue weighted by atomic mass is 10.2. The van der Waals surface area contributed by atoms with Crippen molar-refractivity contribution in [2.75, 3.05) is 19.6 Å². The van der Waals surface area contributed by atoms with Crippen LogP contribution in [-0.2, 0) is 6.54 Å². The molecule has 3 aromatic rings. The van der Waals surface area contributed by atoms with Gasteiger partial charge in [0.15, 0.2) is 5.69 Å². The summed E-state index contributed by atoms with van der Waals surface area (Å²) in [6.45, 7) is 9.64. The summed E-state index contributed by atoms with van der Waals surface area (Å²) in [6.07, 6.45) is 2.27. The predicted molar refractivity (Wildman–Crippen MR) is 114 cm³/mol. The summed E-state index contributed by atoms with van der Waals surface area (Å²) < 4.78 is 3.40. The highest BCUT2D eigenvalue weighted by atomic mass is 16.2. The summed E-state index contributed by atoms with van der Waals surface area (Å²) in [5, 5.41) is 7.50. The molecule has 0 spiro atoms. The first kappa shape index (κ1) is 19.6. The Hall–Kier alpha value is -2.67. The molecular weight excluding hydrogens is 366 g/mol. The summed E-state index contributed by atoms with van der Waals surface area (Å²) >= 11 is 0. The molecular formula is C22H29N5O2. The van der Waals surface area contributed by atoms with E-state index in [2.05, 4.69) is 36.1 Å². The number of likely N-dealkylation sites (N-methyl/N-ethyl adjacent to an activating group) is 1. The number of amides is 1. The number of fused-ring (bicyclic) bond motifs is 3. The zero-order chi connectivity index (χ0) is 20.5. The molecule has 1 aromatic carbocycles. The van der Waals surface area contributed by atoms with Crippen LogP contribution in [0.3, 0.4) is 0 Å². The maximum Gasteiger partial charge on any atom is 0.277 e. The fourth-order valence-electron chi connectivity index (χ4n) is 4.34. The minimum absolute atomic E-state index is 0.114. The summed E-state index contributed by atoms with van der Waals surface area (Å²) in [5.74, 6) is 0.104. The Morgan fingerprint density at radius 3 is 2.72 bits per heavy atom. The quantitative estimate of drug-likeness (QED) is 0.696. The second-order valence-corrected chi connectivity index (χ2v) is 8.26. The highest BCUT2D eigenvalue weighted by Gasteiger charge is 2.24. The molecule has 0 unspecified atom stereocenters. The zero-order valence-electron chi connectivity index (χ0n) is 17.4. The SMILES string of the molecule is CCN1CCC[C@H]1CNC(=O)c1cc2c(=O)n(CC(C)C)c3ccccc3n2n1. The largest absolute Gasteiger partial charge is 0.349 e. The molecule has 29 heavy (non-hydrogen) atoms. The van der Waals surface area contributed by atoms with E-state index in [9.17, 15) is 9.59 Å². The monoisotopic (exact) mass is 395 g/mol. The van der Waals surface area contributed by atoms with Crippen LogP contribution < -0.4 is 10.9 Å². The van der Waals surface area contributed by atoms with Gasteiger partial charge < -0.3 is 9.88 Å². The molecule has 154 valence electrons. The molecule has 1 fully saturated rings. The smallest absolute Gasteiger partial charge is 0.277 e. The number of hydrogen-bond acceptors (Lipinski definition) is 4. The third-order valence-electron chi connectivity index (χ3n) is 5.76. The van der Waals surface area contributed by atoms with Crippen LogP contribution in [0.5, 0.6) is 0 Å². The number of aromatic nitrogens is 3. The number of hydrogen-bond donors (Lipinski definition) is 1. The maximum absolute atomic E-state index is 13.1. The molecule has 7 nitrogen and oxygen atoms in total. The zero-order valence-corrected chi connectivity index (χ0v) is 17.4. The molecule has 1 amide bonds. The predicted octanol–water partition coefficient (Wildman–Crippen LogP) is 2.52. The van der Waals surface area contributed by atoms with E-state index in [1.165, 1.54) is 6.42 Å². The van der Waals surface area contributed by atoms with Gasteiger partial charge in [0.1, 0.15) is 5.52 Å². The summed E-state index contributed by atoms with van der Waals surface area (Å²) in [5.41, 5.74) is 2.27. The van der Waals surface area contributed by atoms with Crippen molar-refractivity contribution in [3.63, 3.8) is 0 Å². The molecule has 0 radical (unpaired) electrons. The normalized spacial score (nSPS) is 17.6. The molecule has 1 saturated heterocycles. The third kappa shape index (κ3) is 3.67. The molecule has 2 aromatic heterocycles. The van der Waals surface area contributed by atoms with Crippen molar-refractivity contribution in [2.24, 2.45) is 5.92 Å².